The molecular weight excluding hydrogens is 486 g/mol. The minimum Gasteiger partial charge on any atom is -0.333 e. The van der Waals surface area contributed by atoms with Gasteiger partial charge in [0.05, 0.1) is 11.7 Å². The van der Waals surface area contributed by atoms with Gasteiger partial charge in [-0.1, -0.05) is 103 Å². The van der Waals surface area contributed by atoms with Crippen LogP contribution >= 0.6 is 0 Å². The zero-order valence-electron chi connectivity index (χ0n) is 21.9. The van der Waals surface area contributed by atoms with Gasteiger partial charge < -0.3 is 4.90 Å². The van der Waals surface area contributed by atoms with Crippen LogP contribution in [-0.2, 0) is 0 Å². The third kappa shape index (κ3) is 3.48. The first-order valence-electron chi connectivity index (χ1n) is 13.8. The Hall–Kier alpha value is -5.15. The number of pyridine rings is 1. The molecule has 0 saturated carbocycles. The van der Waals surface area contributed by atoms with E-state index < -0.39 is 0 Å². The fourth-order valence-corrected chi connectivity index (χ4v) is 6.49. The first kappa shape index (κ1) is 22.8. The fourth-order valence-electron chi connectivity index (χ4n) is 6.49. The standard InChI is InChI=1S/C37H27N3/c1-3-12-26(13-4-1)35-32-18-11-25-38-37(32)40(36(35)27-14-5-2-6-15-27)29-23-21-28(22-24-29)39-33-19-9-7-16-30(33)31-17-8-10-20-34(31)39/h1-25,30,33H. The maximum atomic E-state index is 4.91. The molecule has 0 saturated heterocycles. The van der Waals surface area contributed by atoms with Gasteiger partial charge >= 0.3 is 0 Å². The summed E-state index contributed by atoms with van der Waals surface area (Å²) in [7, 11) is 0. The Kier molecular flexibility index (Phi) is 5.27. The second-order valence-electron chi connectivity index (χ2n) is 10.4. The molecule has 0 radical (unpaired) electrons. The maximum absolute atomic E-state index is 4.91. The molecule has 1 aliphatic carbocycles. The van der Waals surface area contributed by atoms with Crippen molar-refractivity contribution in [3.63, 3.8) is 0 Å². The van der Waals surface area contributed by atoms with Crippen LogP contribution in [0.1, 0.15) is 11.5 Å². The molecule has 6 aromatic rings. The summed E-state index contributed by atoms with van der Waals surface area (Å²) in [5.74, 6) is 0.372. The lowest BCUT2D eigenvalue weighted by Crippen LogP contribution is -2.28. The maximum Gasteiger partial charge on any atom is 0.145 e. The van der Waals surface area contributed by atoms with E-state index in [1.165, 1.54) is 33.6 Å². The summed E-state index contributed by atoms with van der Waals surface area (Å²) in [4.78, 5) is 7.38. The summed E-state index contributed by atoms with van der Waals surface area (Å²) >= 11 is 0. The fraction of sp³-hybridized carbons (Fsp3) is 0.0541. The van der Waals surface area contributed by atoms with Crippen LogP contribution in [0.5, 0.6) is 0 Å². The van der Waals surface area contributed by atoms with Gasteiger partial charge in [-0.25, -0.2) is 4.98 Å². The molecule has 2 aromatic heterocycles. The van der Waals surface area contributed by atoms with Gasteiger partial charge in [0.1, 0.15) is 5.65 Å². The van der Waals surface area contributed by atoms with Crippen molar-refractivity contribution in [2.45, 2.75) is 12.0 Å². The quantitative estimate of drug-likeness (QED) is 0.234. The van der Waals surface area contributed by atoms with Crippen molar-refractivity contribution >= 4 is 22.4 Å². The highest BCUT2D eigenvalue weighted by molar-refractivity contribution is 6.04. The summed E-state index contributed by atoms with van der Waals surface area (Å²) < 4.78 is 2.32. The number of rotatable bonds is 4. The smallest absolute Gasteiger partial charge is 0.145 e. The molecule has 1 aliphatic heterocycles. The van der Waals surface area contributed by atoms with Crippen LogP contribution in [0.15, 0.2) is 152 Å². The zero-order valence-corrected chi connectivity index (χ0v) is 21.9. The molecule has 2 unspecified atom stereocenters. The third-order valence-corrected chi connectivity index (χ3v) is 8.18. The molecule has 3 heterocycles. The highest BCUT2D eigenvalue weighted by atomic mass is 15.2. The lowest BCUT2D eigenvalue weighted by atomic mass is 9.91. The number of para-hydroxylation sites is 1. The lowest BCUT2D eigenvalue weighted by Gasteiger charge is -2.29. The summed E-state index contributed by atoms with van der Waals surface area (Å²) in [6.07, 6.45) is 10.9. The molecule has 2 aliphatic rings. The van der Waals surface area contributed by atoms with E-state index in [1.54, 1.807) is 0 Å². The van der Waals surface area contributed by atoms with Crippen molar-refractivity contribution in [1.82, 2.24) is 9.55 Å². The molecule has 40 heavy (non-hydrogen) atoms. The number of fused-ring (bicyclic) bond motifs is 4. The van der Waals surface area contributed by atoms with E-state index in [0.717, 1.165) is 22.4 Å². The molecule has 4 aromatic carbocycles. The summed E-state index contributed by atoms with van der Waals surface area (Å²) in [5, 5.41) is 1.15. The van der Waals surface area contributed by atoms with Crippen LogP contribution < -0.4 is 4.90 Å². The first-order valence-corrected chi connectivity index (χ1v) is 13.8. The molecule has 0 N–H and O–H groups in total. The van der Waals surface area contributed by atoms with E-state index in [1.807, 2.05) is 12.3 Å². The van der Waals surface area contributed by atoms with Crippen LogP contribution in [0.25, 0.3) is 39.1 Å². The number of aromatic nitrogens is 2. The van der Waals surface area contributed by atoms with Crippen LogP contribution in [0.2, 0.25) is 0 Å². The van der Waals surface area contributed by atoms with Gasteiger partial charge in [-0.15, -0.1) is 0 Å². The Labute approximate surface area is 234 Å². The molecule has 8 rings (SSSR count). The van der Waals surface area contributed by atoms with E-state index in [0.29, 0.717) is 5.92 Å². The molecule has 0 fully saturated rings. The van der Waals surface area contributed by atoms with Gasteiger partial charge in [-0.2, -0.15) is 0 Å². The monoisotopic (exact) mass is 513 g/mol. The topological polar surface area (TPSA) is 21.1 Å². The number of nitrogens with zero attached hydrogens (tertiary/aromatic N) is 3. The minimum atomic E-state index is 0.284. The van der Waals surface area contributed by atoms with Crippen LogP contribution in [0.4, 0.5) is 11.4 Å². The predicted molar refractivity (Wildman–Crippen MR) is 165 cm³/mol. The van der Waals surface area contributed by atoms with Gasteiger partial charge in [0.15, 0.2) is 0 Å². The predicted octanol–water partition coefficient (Wildman–Crippen LogP) is 9.09. The van der Waals surface area contributed by atoms with Gasteiger partial charge in [-0.05, 0) is 59.2 Å². The zero-order chi connectivity index (χ0) is 26.5. The summed E-state index contributed by atoms with van der Waals surface area (Å²) in [6.45, 7) is 0. The number of anilines is 2. The van der Waals surface area contributed by atoms with E-state index in [-0.39, 0.29) is 6.04 Å². The summed E-state index contributed by atoms with van der Waals surface area (Å²) in [5.41, 5.74) is 10.6. The number of allylic oxidation sites excluding steroid dienone is 2. The van der Waals surface area contributed by atoms with Crippen LogP contribution in [0, 0.1) is 0 Å². The van der Waals surface area contributed by atoms with E-state index >= 15 is 0 Å². The largest absolute Gasteiger partial charge is 0.333 e. The van der Waals surface area contributed by atoms with E-state index in [4.69, 9.17) is 4.98 Å². The van der Waals surface area contributed by atoms with Gasteiger partial charge in [0.2, 0.25) is 0 Å². The van der Waals surface area contributed by atoms with Crippen molar-refractivity contribution in [1.29, 1.82) is 0 Å². The SMILES string of the molecule is C1=CC2c3ccccc3N(c3ccc(-n4c(-c5ccccc5)c(-c5ccccc5)c5cccnc54)cc3)C2C=C1. The second kappa shape index (κ2) is 9.25. The average Bonchev–Trinajstić information content (AvgIpc) is 3.56. The van der Waals surface area contributed by atoms with Crippen molar-refractivity contribution in [3.05, 3.63) is 157 Å². The molecule has 190 valence electrons. The van der Waals surface area contributed by atoms with Crippen LogP contribution in [0.3, 0.4) is 0 Å². The Morgan fingerprint density at radius 3 is 2.05 bits per heavy atom. The van der Waals surface area contributed by atoms with Crippen molar-refractivity contribution < 1.29 is 0 Å². The molecule has 2 atom stereocenters. The number of hydrogen-bond acceptors (Lipinski definition) is 2. The molecule has 0 bridgehead atoms. The highest BCUT2D eigenvalue weighted by Crippen LogP contribution is 2.48. The second-order valence-corrected chi connectivity index (χ2v) is 10.4. The third-order valence-electron chi connectivity index (χ3n) is 8.18. The molecular formula is C37H27N3. The summed E-state index contributed by atoms with van der Waals surface area (Å²) in [6, 6.07) is 43.6. The minimum absolute atomic E-state index is 0.284. The Morgan fingerprint density at radius 2 is 1.25 bits per heavy atom. The van der Waals surface area contributed by atoms with Gasteiger partial charge in [-0.3, -0.25) is 4.57 Å². The van der Waals surface area contributed by atoms with E-state index in [2.05, 4.69) is 149 Å². The Bertz CT molecular complexity index is 1900. The molecule has 0 spiro atoms. The Balaban J connectivity index is 1.32. The van der Waals surface area contributed by atoms with Crippen molar-refractivity contribution in [3.8, 4) is 28.1 Å². The lowest BCUT2D eigenvalue weighted by molar-refractivity contribution is 0.744. The van der Waals surface area contributed by atoms with E-state index in [9.17, 15) is 0 Å². The molecule has 3 nitrogen and oxygen atoms in total. The Morgan fingerprint density at radius 1 is 0.575 bits per heavy atom. The molecule has 0 amide bonds. The number of hydrogen-bond donors (Lipinski definition) is 0. The highest BCUT2D eigenvalue weighted by Gasteiger charge is 2.37. The average molecular weight is 514 g/mol. The number of benzene rings is 4. The van der Waals surface area contributed by atoms with Gasteiger partial charge in [0, 0.05) is 40.1 Å². The first-order chi connectivity index (χ1) is 19.9. The van der Waals surface area contributed by atoms with Crippen molar-refractivity contribution in [2.75, 3.05) is 4.90 Å². The normalized spacial score (nSPS) is 17.2. The van der Waals surface area contributed by atoms with Crippen LogP contribution in [-0.4, -0.2) is 15.6 Å². The van der Waals surface area contributed by atoms with Crippen molar-refractivity contribution in [2.24, 2.45) is 0 Å². The van der Waals surface area contributed by atoms with Gasteiger partial charge in [0.25, 0.3) is 0 Å². The molecule has 3 heteroatoms.